The second kappa shape index (κ2) is 7.19. The quantitative estimate of drug-likeness (QED) is 0.637. The smallest absolute Gasteiger partial charge is 0.273 e. The molecule has 2 aromatic rings. The molecule has 0 aliphatic heterocycles. The summed E-state index contributed by atoms with van der Waals surface area (Å²) in [5.41, 5.74) is 1.99. The van der Waals surface area contributed by atoms with Gasteiger partial charge in [-0.3, -0.25) is 10.1 Å². The molecule has 0 spiro atoms. The molecule has 0 radical (unpaired) electrons. The van der Waals surface area contributed by atoms with Gasteiger partial charge in [0.25, 0.3) is 5.69 Å². The summed E-state index contributed by atoms with van der Waals surface area (Å²) in [5, 5.41) is 14.1. The first-order valence-electron chi connectivity index (χ1n) is 6.36. The molecule has 0 atom stereocenters. The largest absolute Gasteiger partial charge is 0.496 e. The van der Waals surface area contributed by atoms with Gasteiger partial charge in [-0.25, -0.2) is 0 Å². The number of rotatable bonds is 6. The van der Waals surface area contributed by atoms with Gasteiger partial charge < -0.3 is 10.1 Å². The van der Waals surface area contributed by atoms with Crippen molar-refractivity contribution in [3.05, 3.63) is 68.2 Å². The van der Waals surface area contributed by atoms with Crippen LogP contribution >= 0.6 is 15.9 Å². The third kappa shape index (κ3) is 4.54. The minimum absolute atomic E-state index is 0.0357. The summed E-state index contributed by atoms with van der Waals surface area (Å²) in [6.07, 6.45) is 0. The number of halogens is 1. The topological polar surface area (TPSA) is 64.4 Å². The van der Waals surface area contributed by atoms with E-state index in [9.17, 15) is 10.1 Å². The van der Waals surface area contributed by atoms with E-state index in [0.29, 0.717) is 18.8 Å². The maximum absolute atomic E-state index is 10.9. The molecule has 0 bridgehead atoms. The zero-order valence-corrected chi connectivity index (χ0v) is 13.1. The predicted octanol–water partition coefficient (Wildman–Crippen LogP) is 3.66. The first-order chi connectivity index (χ1) is 10.1. The zero-order valence-electron chi connectivity index (χ0n) is 11.5. The van der Waals surface area contributed by atoms with Crippen molar-refractivity contribution in [3.8, 4) is 5.75 Å². The summed E-state index contributed by atoms with van der Waals surface area (Å²) < 4.78 is 6.11. The fourth-order valence-electron chi connectivity index (χ4n) is 1.97. The summed E-state index contributed by atoms with van der Waals surface area (Å²) in [6, 6.07) is 12.7. The van der Waals surface area contributed by atoms with Gasteiger partial charge in [0.2, 0.25) is 0 Å². The van der Waals surface area contributed by atoms with Gasteiger partial charge in [-0.05, 0) is 29.3 Å². The van der Waals surface area contributed by atoms with Crippen LogP contribution in [0.2, 0.25) is 0 Å². The molecule has 2 rings (SSSR count). The Bertz CT molecular complexity index is 647. The second-order valence-electron chi connectivity index (χ2n) is 4.53. The molecule has 0 fully saturated rings. The zero-order chi connectivity index (χ0) is 15.2. The summed E-state index contributed by atoms with van der Waals surface area (Å²) in [6.45, 7) is 1.22. The van der Waals surface area contributed by atoms with Gasteiger partial charge in [0.15, 0.2) is 0 Å². The molecule has 0 unspecified atom stereocenters. The maximum atomic E-state index is 10.9. The van der Waals surface area contributed by atoms with Crippen LogP contribution in [0.4, 0.5) is 5.69 Å². The number of methoxy groups -OCH3 is 1. The number of nitro benzene ring substituents is 1. The SMILES string of the molecule is COc1cc(CNCc2cccc(Br)c2)cc([N+](=O)[O-])c1. The van der Waals surface area contributed by atoms with Crippen molar-refractivity contribution in [1.82, 2.24) is 5.32 Å². The van der Waals surface area contributed by atoms with E-state index in [1.165, 1.54) is 13.2 Å². The Labute approximate surface area is 131 Å². The van der Waals surface area contributed by atoms with Crippen LogP contribution < -0.4 is 10.1 Å². The maximum Gasteiger partial charge on any atom is 0.273 e. The van der Waals surface area contributed by atoms with Gasteiger partial charge in [0.1, 0.15) is 5.75 Å². The molecule has 0 heterocycles. The molecular formula is C15H15BrN2O3. The Morgan fingerprint density at radius 1 is 1.19 bits per heavy atom. The first-order valence-corrected chi connectivity index (χ1v) is 7.15. The van der Waals surface area contributed by atoms with E-state index in [1.807, 2.05) is 24.3 Å². The van der Waals surface area contributed by atoms with Crippen LogP contribution in [0.15, 0.2) is 46.9 Å². The number of non-ortho nitro benzene ring substituents is 1. The molecule has 0 aromatic heterocycles. The first kappa shape index (κ1) is 15.5. The van der Waals surface area contributed by atoms with Gasteiger partial charge in [-0.2, -0.15) is 0 Å². The minimum atomic E-state index is -0.416. The summed E-state index contributed by atoms with van der Waals surface area (Å²) in [7, 11) is 1.50. The van der Waals surface area contributed by atoms with E-state index in [4.69, 9.17) is 4.74 Å². The van der Waals surface area contributed by atoms with Crippen LogP contribution in [0.1, 0.15) is 11.1 Å². The normalized spacial score (nSPS) is 10.4. The van der Waals surface area contributed by atoms with Crippen molar-refractivity contribution in [2.24, 2.45) is 0 Å². The predicted molar refractivity (Wildman–Crippen MR) is 84.3 cm³/mol. The standard InChI is InChI=1S/C15H15BrN2O3/c1-21-15-7-12(6-14(8-15)18(19)20)10-17-9-11-3-2-4-13(16)5-11/h2-8,17H,9-10H2,1H3. The van der Waals surface area contributed by atoms with Crippen molar-refractivity contribution < 1.29 is 9.66 Å². The van der Waals surface area contributed by atoms with Gasteiger partial charge >= 0.3 is 0 Å². The van der Waals surface area contributed by atoms with Crippen LogP contribution in [-0.4, -0.2) is 12.0 Å². The highest BCUT2D eigenvalue weighted by atomic mass is 79.9. The lowest BCUT2D eigenvalue weighted by Gasteiger charge is -2.07. The van der Waals surface area contributed by atoms with E-state index >= 15 is 0 Å². The van der Waals surface area contributed by atoms with Gasteiger partial charge in [-0.1, -0.05) is 28.1 Å². The number of hydrogen-bond donors (Lipinski definition) is 1. The Balaban J connectivity index is 2.02. The fourth-order valence-corrected chi connectivity index (χ4v) is 2.41. The molecule has 1 N–H and O–H groups in total. The Hall–Kier alpha value is -1.92. The molecule has 0 aliphatic rings. The number of nitrogens with one attached hydrogen (secondary N) is 1. The summed E-state index contributed by atoms with van der Waals surface area (Å²) in [5.74, 6) is 0.489. The monoisotopic (exact) mass is 350 g/mol. The van der Waals surface area contributed by atoms with Crippen LogP contribution in [0.3, 0.4) is 0 Å². The molecule has 5 nitrogen and oxygen atoms in total. The minimum Gasteiger partial charge on any atom is -0.496 e. The van der Waals surface area contributed by atoms with E-state index in [-0.39, 0.29) is 5.69 Å². The molecular weight excluding hydrogens is 336 g/mol. The molecule has 2 aromatic carbocycles. The highest BCUT2D eigenvalue weighted by molar-refractivity contribution is 9.10. The van der Waals surface area contributed by atoms with Crippen LogP contribution in [0, 0.1) is 10.1 Å². The number of nitro groups is 1. The summed E-state index contributed by atoms with van der Waals surface area (Å²) >= 11 is 3.42. The molecule has 110 valence electrons. The van der Waals surface area contributed by atoms with Gasteiger partial charge in [-0.15, -0.1) is 0 Å². The van der Waals surface area contributed by atoms with Crippen molar-refractivity contribution in [2.45, 2.75) is 13.1 Å². The molecule has 0 amide bonds. The lowest BCUT2D eigenvalue weighted by Crippen LogP contribution is -2.12. The second-order valence-corrected chi connectivity index (χ2v) is 5.45. The molecule has 21 heavy (non-hydrogen) atoms. The molecule has 0 aliphatic carbocycles. The lowest BCUT2D eigenvalue weighted by molar-refractivity contribution is -0.385. The Morgan fingerprint density at radius 2 is 1.95 bits per heavy atom. The van der Waals surface area contributed by atoms with Crippen molar-refractivity contribution in [1.29, 1.82) is 0 Å². The van der Waals surface area contributed by atoms with E-state index in [2.05, 4.69) is 21.2 Å². The van der Waals surface area contributed by atoms with E-state index in [1.54, 1.807) is 12.1 Å². The van der Waals surface area contributed by atoms with Crippen LogP contribution in [-0.2, 0) is 13.1 Å². The summed E-state index contributed by atoms with van der Waals surface area (Å²) in [4.78, 5) is 10.5. The van der Waals surface area contributed by atoms with Crippen molar-refractivity contribution >= 4 is 21.6 Å². The van der Waals surface area contributed by atoms with Crippen LogP contribution in [0.5, 0.6) is 5.75 Å². The van der Waals surface area contributed by atoms with Crippen molar-refractivity contribution in [2.75, 3.05) is 7.11 Å². The average Bonchev–Trinajstić information content (AvgIpc) is 2.47. The molecule has 6 heteroatoms. The molecule has 0 saturated carbocycles. The highest BCUT2D eigenvalue weighted by Gasteiger charge is 2.10. The number of hydrogen-bond acceptors (Lipinski definition) is 4. The third-order valence-corrected chi connectivity index (χ3v) is 3.44. The van der Waals surface area contributed by atoms with Crippen molar-refractivity contribution in [3.63, 3.8) is 0 Å². The van der Waals surface area contributed by atoms with Crippen LogP contribution in [0.25, 0.3) is 0 Å². The lowest BCUT2D eigenvalue weighted by atomic mass is 10.1. The third-order valence-electron chi connectivity index (χ3n) is 2.94. The fraction of sp³-hybridized carbons (Fsp3) is 0.200. The van der Waals surface area contributed by atoms with Gasteiger partial charge in [0, 0.05) is 23.6 Å². The van der Waals surface area contributed by atoms with E-state index < -0.39 is 4.92 Å². The Kier molecular flexibility index (Phi) is 5.30. The number of benzene rings is 2. The highest BCUT2D eigenvalue weighted by Crippen LogP contribution is 2.22. The van der Waals surface area contributed by atoms with Gasteiger partial charge in [0.05, 0.1) is 18.1 Å². The number of ether oxygens (including phenoxy) is 1. The number of nitrogens with zero attached hydrogens (tertiary/aromatic N) is 1. The Morgan fingerprint density at radius 3 is 2.62 bits per heavy atom. The molecule has 0 saturated heterocycles. The van der Waals surface area contributed by atoms with E-state index in [0.717, 1.165) is 15.6 Å². The average molecular weight is 351 g/mol.